The van der Waals surface area contributed by atoms with Gasteiger partial charge in [0.25, 0.3) is 0 Å². The molecular formula is C14H18F2N2S. The molecule has 2 nitrogen and oxygen atoms in total. The number of hydrogen-bond acceptors (Lipinski definition) is 2. The van der Waals surface area contributed by atoms with Crippen LogP contribution in [-0.4, -0.2) is 11.5 Å². The number of anilines is 1. The third-order valence-electron chi connectivity index (χ3n) is 3.62. The van der Waals surface area contributed by atoms with Crippen molar-refractivity contribution in [3.05, 3.63) is 29.3 Å². The van der Waals surface area contributed by atoms with E-state index in [1.807, 2.05) is 0 Å². The Morgan fingerprint density at radius 1 is 1.21 bits per heavy atom. The summed E-state index contributed by atoms with van der Waals surface area (Å²) in [6, 6.07) is 2.35. The van der Waals surface area contributed by atoms with E-state index in [1.54, 1.807) is 0 Å². The van der Waals surface area contributed by atoms with Crippen molar-refractivity contribution in [3.63, 3.8) is 0 Å². The summed E-state index contributed by atoms with van der Waals surface area (Å²) in [5.74, 6) is -0.778. The molecule has 1 aliphatic rings. The molecule has 0 atom stereocenters. The number of halogens is 2. The van der Waals surface area contributed by atoms with Crippen molar-refractivity contribution < 1.29 is 8.78 Å². The molecule has 1 aromatic carbocycles. The van der Waals surface area contributed by atoms with Gasteiger partial charge in [-0.2, -0.15) is 0 Å². The maximum Gasteiger partial charge on any atom is 0.150 e. The summed E-state index contributed by atoms with van der Waals surface area (Å²) < 4.78 is 27.6. The van der Waals surface area contributed by atoms with Crippen LogP contribution in [0.25, 0.3) is 0 Å². The molecule has 0 aromatic heterocycles. The minimum absolute atomic E-state index is 0.00312. The Morgan fingerprint density at radius 3 is 2.32 bits per heavy atom. The average Bonchev–Trinajstić information content (AvgIpc) is 2.38. The lowest BCUT2D eigenvalue weighted by atomic mass is 9.89. The van der Waals surface area contributed by atoms with Crippen LogP contribution in [0.4, 0.5) is 14.5 Å². The molecule has 0 spiro atoms. The van der Waals surface area contributed by atoms with Crippen molar-refractivity contribution in [2.24, 2.45) is 11.7 Å². The molecule has 0 amide bonds. The van der Waals surface area contributed by atoms with Crippen LogP contribution in [0.3, 0.4) is 0 Å². The fraction of sp³-hybridized carbons (Fsp3) is 0.500. The Kier molecular flexibility index (Phi) is 4.69. The molecule has 19 heavy (non-hydrogen) atoms. The van der Waals surface area contributed by atoms with E-state index in [1.165, 1.54) is 31.4 Å². The van der Waals surface area contributed by atoms with Gasteiger partial charge in [-0.05, 0) is 30.9 Å². The smallest absolute Gasteiger partial charge is 0.150 e. The van der Waals surface area contributed by atoms with E-state index in [0.717, 1.165) is 12.8 Å². The second-order valence-electron chi connectivity index (χ2n) is 5.06. The molecule has 0 unspecified atom stereocenters. The van der Waals surface area contributed by atoms with Gasteiger partial charge >= 0.3 is 0 Å². The molecule has 0 heterocycles. The van der Waals surface area contributed by atoms with E-state index in [0.29, 0.717) is 12.5 Å². The summed E-state index contributed by atoms with van der Waals surface area (Å²) in [6.45, 7) is 0.611. The second-order valence-corrected chi connectivity index (χ2v) is 5.50. The molecular weight excluding hydrogens is 266 g/mol. The third-order valence-corrected chi connectivity index (χ3v) is 3.85. The highest BCUT2D eigenvalue weighted by atomic mass is 32.1. The zero-order valence-electron chi connectivity index (χ0n) is 10.7. The molecule has 1 saturated carbocycles. The lowest BCUT2D eigenvalue weighted by Gasteiger charge is -2.22. The zero-order valence-corrected chi connectivity index (χ0v) is 11.5. The number of hydrogen-bond donors (Lipinski definition) is 2. The minimum atomic E-state index is -0.640. The standard InChI is InChI=1S/C14H18F2N2S/c15-11-6-10(14(17)19)7-12(16)13(11)18-8-9-4-2-1-3-5-9/h6-7,9,18H,1-5,8H2,(H2,17,19). The van der Waals surface area contributed by atoms with Gasteiger partial charge in [-0.15, -0.1) is 0 Å². The topological polar surface area (TPSA) is 38.0 Å². The van der Waals surface area contributed by atoms with Gasteiger partial charge in [-0.1, -0.05) is 31.5 Å². The number of thiocarbonyl (C=S) groups is 1. The van der Waals surface area contributed by atoms with Gasteiger partial charge < -0.3 is 11.1 Å². The average molecular weight is 284 g/mol. The number of nitrogens with one attached hydrogen (secondary N) is 1. The van der Waals surface area contributed by atoms with Crippen molar-refractivity contribution >= 4 is 22.9 Å². The summed E-state index contributed by atoms with van der Waals surface area (Å²) in [4.78, 5) is -0.00312. The lowest BCUT2D eigenvalue weighted by molar-refractivity contribution is 0.372. The zero-order chi connectivity index (χ0) is 13.8. The van der Waals surface area contributed by atoms with Crippen molar-refractivity contribution in [3.8, 4) is 0 Å². The van der Waals surface area contributed by atoms with Gasteiger partial charge in [-0.25, -0.2) is 8.78 Å². The molecule has 104 valence electrons. The first kappa shape index (κ1) is 14.2. The van der Waals surface area contributed by atoms with Crippen molar-refractivity contribution in [1.29, 1.82) is 0 Å². The second kappa shape index (κ2) is 6.28. The maximum atomic E-state index is 13.8. The normalized spacial score (nSPS) is 16.3. The summed E-state index contributed by atoms with van der Waals surface area (Å²) in [5, 5.41) is 2.88. The number of nitrogens with two attached hydrogens (primary N) is 1. The maximum absolute atomic E-state index is 13.8. The number of benzene rings is 1. The summed E-state index contributed by atoms with van der Waals surface area (Å²) in [6.07, 6.45) is 5.93. The van der Waals surface area contributed by atoms with E-state index < -0.39 is 11.6 Å². The van der Waals surface area contributed by atoms with Crippen LogP contribution >= 0.6 is 12.2 Å². The van der Waals surface area contributed by atoms with E-state index >= 15 is 0 Å². The first-order valence-corrected chi connectivity index (χ1v) is 7.01. The van der Waals surface area contributed by atoms with E-state index in [-0.39, 0.29) is 16.2 Å². The highest BCUT2D eigenvalue weighted by molar-refractivity contribution is 7.80. The van der Waals surface area contributed by atoms with Crippen LogP contribution < -0.4 is 11.1 Å². The third kappa shape index (κ3) is 3.62. The molecule has 1 fully saturated rings. The monoisotopic (exact) mass is 284 g/mol. The Hall–Kier alpha value is -1.23. The Morgan fingerprint density at radius 2 is 1.79 bits per heavy atom. The van der Waals surface area contributed by atoms with Crippen LogP contribution in [-0.2, 0) is 0 Å². The molecule has 0 aliphatic heterocycles. The number of rotatable bonds is 4. The van der Waals surface area contributed by atoms with Crippen molar-refractivity contribution in [1.82, 2.24) is 0 Å². The molecule has 2 rings (SSSR count). The van der Waals surface area contributed by atoms with Gasteiger partial charge in [0, 0.05) is 12.1 Å². The SMILES string of the molecule is NC(=S)c1cc(F)c(NCC2CCCCC2)c(F)c1. The van der Waals surface area contributed by atoms with Crippen LogP contribution in [0.2, 0.25) is 0 Å². The van der Waals surface area contributed by atoms with Crippen LogP contribution in [0.15, 0.2) is 12.1 Å². The van der Waals surface area contributed by atoms with Crippen molar-refractivity contribution in [2.75, 3.05) is 11.9 Å². The minimum Gasteiger partial charge on any atom is -0.389 e. The fourth-order valence-electron chi connectivity index (χ4n) is 2.52. The Labute approximate surface area is 117 Å². The van der Waals surface area contributed by atoms with E-state index in [4.69, 9.17) is 18.0 Å². The van der Waals surface area contributed by atoms with Crippen molar-refractivity contribution in [2.45, 2.75) is 32.1 Å². The highest BCUT2D eigenvalue weighted by Gasteiger charge is 2.16. The molecule has 0 bridgehead atoms. The Balaban J connectivity index is 2.05. The highest BCUT2D eigenvalue weighted by Crippen LogP contribution is 2.26. The van der Waals surface area contributed by atoms with Gasteiger partial charge in [0.1, 0.15) is 22.3 Å². The molecule has 0 radical (unpaired) electrons. The predicted molar refractivity (Wildman–Crippen MR) is 77.3 cm³/mol. The lowest BCUT2D eigenvalue weighted by Crippen LogP contribution is -2.19. The molecule has 0 saturated heterocycles. The predicted octanol–water partition coefficient (Wildman–Crippen LogP) is 3.59. The summed E-state index contributed by atoms with van der Waals surface area (Å²) >= 11 is 4.72. The van der Waals surface area contributed by atoms with Gasteiger partial charge in [-0.3, -0.25) is 0 Å². The molecule has 1 aromatic rings. The molecule has 1 aliphatic carbocycles. The first-order chi connectivity index (χ1) is 9.08. The van der Waals surface area contributed by atoms with Gasteiger partial charge in [0.2, 0.25) is 0 Å². The van der Waals surface area contributed by atoms with E-state index in [2.05, 4.69) is 5.32 Å². The van der Waals surface area contributed by atoms with Gasteiger partial charge in [0.15, 0.2) is 0 Å². The molecule has 3 N–H and O–H groups in total. The summed E-state index contributed by atoms with van der Waals surface area (Å²) in [5.41, 5.74) is 5.51. The quantitative estimate of drug-likeness (QED) is 0.830. The van der Waals surface area contributed by atoms with Crippen LogP contribution in [0.5, 0.6) is 0 Å². The first-order valence-electron chi connectivity index (χ1n) is 6.60. The molecule has 5 heteroatoms. The fourth-order valence-corrected chi connectivity index (χ4v) is 2.64. The summed E-state index contributed by atoms with van der Waals surface area (Å²) in [7, 11) is 0. The Bertz CT molecular complexity index is 448. The van der Waals surface area contributed by atoms with E-state index in [9.17, 15) is 8.78 Å². The van der Waals surface area contributed by atoms with Gasteiger partial charge in [0.05, 0.1) is 0 Å². The van der Waals surface area contributed by atoms with Crippen LogP contribution in [0.1, 0.15) is 37.7 Å². The van der Waals surface area contributed by atoms with Crippen LogP contribution in [0, 0.1) is 17.6 Å². The largest absolute Gasteiger partial charge is 0.389 e.